The molecule has 5 nitrogen and oxygen atoms in total. The van der Waals surface area contributed by atoms with E-state index in [9.17, 15) is 13.6 Å². The third-order valence-corrected chi connectivity index (χ3v) is 5.15. The van der Waals surface area contributed by atoms with Crippen LogP contribution in [0.3, 0.4) is 0 Å². The van der Waals surface area contributed by atoms with Crippen molar-refractivity contribution in [1.29, 1.82) is 0 Å². The van der Waals surface area contributed by atoms with Crippen LogP contribution in [-0.4, -0.2) is 27.5 Å². The molecule has 28 heavy (non-hydrogen) atoms. The molecule has 0 aliphatic carbocycles. The lowest BCUT2D eigenvalue weighted by Crippen LogP contribution is -2.25. The molecule has 0 N–H and O–H groups in total. The summed E-state index contributed by atoms with van der Waals surface area (Å²) in [5, 5.41) is 4.04. The second-order valence-corrected chi connectivity index (χ2v) is 7.17. The molecule has 2 heterocycles. The molecule has 7 heteroatoms. The van der Waals surface area contributed by atoms with Crippen LogP contribution in [0.15, 0.2) is 40.9 Å². The number of benzene rings is 2. The number of aryl methyl sites for hydroxylation is 2. The Bertz CT molecular complexity index is 1050. The molecule has 1 aliphatic heterocycles. The van der Waals surface area contributed by atoms with Gasteiger partial charge in [-0.05, 0) is 37.1 Å². The molecule has 0 saturated carbocycles. The zero-order valence-corrected chi connectivity index (χ0v) is 15.6. The number of rotatable bonds is 4. The topological polar surface area (TPSA) is 59.2 Å². The monoisotopic (exact) mass is 383 g/mol. The number of halogens is 2. The standard InChI is InChI=1S/C21H19F2N3O2/c1-12-3-4-14(7-13(12)2)20-24-21(28-25-20)16-8-19(27)26(11-16)10-15-5-6-17(22)9-18(15)23/h3-7,9,16H,8,10-11H2,1-2H3. The van der Waals surface area contributed by atoms with Gasteiger partial charge >= 0.3 is 0 Å². The van der Waals surface area contributed by atoms with Crippen molar-refractivity contribution in [3.05, 3.63) is 70.6 Å². The van der Waals surface area contributed by atoms with E-state index < -0.39 is 11.6 Å². The molecular formula is C21H19F2N3O2. The molecule has 1 amide bonds. The van der Waals surface area contributed by atoms with Gasteiger partial charge in [-0.1, -0.05) is 23.4 Å². The number of hydrogen-bond acceptors (Lipinski definition) is 4. The first kappa shape index (κ1) is 18.3. The molecule has 1 aromatic heterocycles. The maximum Gasteiger partial charge on any atom is 0.232 e. The maximum absolute atomic E-state index is 13.9. The van der Waals surface area contributed by atoms with Crippen molar-refractivity contribution in [2.75, 3.05) is 6.54 Å². The maximum atomic E-state index is 13.9. The zero-order valence-electron chi connectivity index (χ0n) is 15.6. The minimum Gasteiger partial charge on any atom is -0.339 e. The third-order valence-electron chi connectivity index (χ3n) is 5.15. The Kier molecular flexibility index (Phi) is 4.66. The minimum atomic E-state index is -0.661. The van der Waals surface area contributed by atoms with Crippen molar-refractivity contribution in [2.45, 2.75) is 32.7 Å². The van der Waals surface area contributed by atoms with Crippen molar-refractivity contribution >= 4 is 5.91 Å². The van der Waals surface area contributed by atoms with Crippen LogP contribution >= 0.6 is 0 Å². The van der Waals surface area contributed by atoms with Crippen molar-refractivity contribution in [1.82, 2.24) is 15.0 Å². The highest BCUT2D eigenvalue weighted by Crippen LogP contribution is 2.30. The lowest BCUT2D eigenvalue weighted by Gasteiger charge is -2.16. The molecule has 1 unspecified atom stereocenters. The Morgan fingerprint density at radius 3 is 2.71 bits per heavy atom. The summed E-state index contributed by atoms with van der Waals surface area (Å²) in [4.78, 5) is 18.3. The van der Waals surface area contributed by atoms with E-state index in [0.29, 0.717) is 18.3 Å². The Morgan fingerprint density at radius 2 is 1.96 bits per heavy atom. The zero-order chi connectivity index (χ0) is 19.8. The first-order valence-electron chi connectivity index (χ1n) is 9.03. The average Bonchev–Trinajstić information content (AvgIpc) is 3.27. The number of nitrogens with zero attached hydrogens (tertiary/aromatic N) is 3. The van der Waals surface area contributed by atoms with Crippen molar-refractivity contribution < 1.29 is 18.1 Å². The first-order valence-corrected chi connectivity index (χ1v) is 9.03. The quantitative estimate of drug-likeness (QED) is 0.679. The number of carbonyl (C=O) groups excluding carboxylic acids is 1. The number of amides is 1. The fourth-order valence-corrected chi connectivity index (χ4v) is 3.34. The van der Waals surface area contributed by atoms with Gasteiger partial charge in [0.1, 0.15) is 11.6 Å². The van der Waals surface area contributed by atoms with E-state index in [-0.39, 0.29) is 30.4 Å². The number of hydrogen-bond donors (Lipinski definition) is 0. The van der Waals surface area contributed by atoms with Crippen LogP contribution in [0.5, 0.6) is 0 Å². The highest BCUT2D eigenvalue weighted by atomic mass is 19.1. The van der Waals surface area contributed by atoms with Crippen LogP contribution in [0.2, 0.25) is 0 Å². The number of carbonyl (C=O) groups is 1. The molecular weight excluding hydrogens is 364 g/mol. The highest BCUT2D eigenvalue weighted by molar-refractivity contribution is 5.79. The van der Waals surface area contributed by atoms with Gasteiger partial charge in [-0.3, -0.25) is 4.79 Å². The fourth-order valence-electron chi connectivity index (χ4n) is 3.34. The average molecular weight is 383 g/mol. The SMILES string of the molecule is Cc1ccc(-c2noc(C3CC(=O)N(Cc4ccc(F)cc4F)C3)n2)cc1C. The van der Waals surface area contributed by atoms with Gasteiger partial charge in [0.15, 0.2) is 0 Å². The van der Waals surface area contributed by atoms with Gasteiger partial charge in [-0.25, -0.2) is 8.78 Å². The largest absolute Gasteiger partial charge is 0.339 e. The van der Waals surface area contributed by atoms with Crippen molar-refractivity contribution in [2.24, 2.45) is 0 Å². The number of aromatic nitrogens is 2. The molecule has 1 atom stereocenters. The van der Waals surface area contributed by atoms with Crippen molar-refractivity contribution in [3.63, 3.8) is 0 Å². The molecule has 3 aromatic rings. The summed E-state index contributed by atoms with van der Waals surface area (Å²) in [6.45, 7) is 4.48. The summed E-state index contributed by atoms with van der Waals surface area (Å²) in [5.74, 6) is -0.802. The predicted octanol–water partition coefficient (Wildman–Crippen LogP) is 4.15. The Labute approximate surface area is 161 Å². The minimum absolute atomic E-state index is 0.0829. The van der Waals surface area contributed by atoms with Crippen LogP contribution in [0.25, 0.3) is 11.4 Å². The van der Waals surface area contributed by atoms with Gasteiger partial charge in [-0.2, -0.15) is 4.98 Å². The summed E-state index contributed by atoms with van der Waals surface area (Å²) in [6, 6.07) is 9.29. The van der Waals surface area contributed by atoms with Crippen LogP contribution in [-0.2, 0) is 11.3 Å². The highest BCUT2D eigenvalue weighted by Gasteiger charge is 2.34. The van der Waals surface area contributed by atoms with Crippen molar-refractivity contribution in [3.8, 4) is 11.4 Å². The van der Waals surface area contributed by atoms with E-state index >= 15 is 0 Å². The van der Waals surface area contributed by atoms with Gasteiger partial charge in [0, 0.05) is 36.7 Å². The molecule has 144 valence electrons. The van der Waals surface area contributed by atoms with E-state index in [0.717, 1.165) is 17.2 Å². The molecule has 1 fully saturated rings. The second kappa shape index (κ2) is 7.14. The smallest absolute Gasteiger partial charge is 0.232 e. The predicted molar refractivity (Wildman–Crippen MR) is 98.3 cm³/mol. The van der Waals surface area contributed by atoms with E-state index in [4.69, 9.17) is 4.52 Å². The van der Waals surface area contributed by atoms with E-state index in [1.165, 1.54) is 22.6 Å². The normalized spacial score (nSPS) is 16.8. The molecule has 2 aromatic carbocycles. The van der Waals surface area contributed by atoms with Gasteiger partial charge in [0.2, 0.25) is 17.6 Å². The van der Waals surface area contributed by atoms with Gasteiger partial charge < -0.3 is 9.42 Å². The Balaban J connectivity index is 1.49. The summed E-state index contributed by atoms with van der Waals surface area (Å²) in [6.07, 6.45) is 0.220. The lowest BCUT2D eigenvalue weighted by molar-refractivity contribution is -0.128. The lowest BCUT2D eigenvalue weighted by atomic mass is 10.1. The van der Waals surface area contributed by atoms with E-state index in [2.05, 4.69) is 10.1 Å². The summed E-state index contributed by atoms with van der Waals surface area (Å²) in [7, 11) is 0. The van der Waals surface area contributed by atoms with Crippen LogP contribution < -0.4 is 0 Å². The molecule has 1 aliphatic rings. The Morgan fingerprint density at radius 1 is 1.14 bits per heavy atom. The molecule has 4 rings (SSSR count). The number of likely N-dealkylation sites (tertiary alicyclic amines) is 1. The first-order chi connectivity index (χ1) is 13.4. The molecule has 0 radical (unpaired) electrons. The fraction of sp³-hybridized carbons (Fsp3) is 0.286. The van der Waals surface area contributed by atoms with Crippen LogP contribution in [0.1, 0.15) is 34.9 Å². The summed E-state index contributed by atoms with van der Waals surface area (Å²) in [5.41, 5.74) is 3.44. The van der Waals surface area contributed by atoms with Crippen LogP contribution in [0.4, 0.5) is 8.78 Å². The van der Waals surface area contributed by atoms with Gasteiger partial charge in [-0.15, -0.1) is 0 Å². The third kappa shape index (κ3) is 3.52. The van der Waals surface area contributed by atoms with Gasteiger partial charge in [0.25, 0.3) is 0 Å². The van der Waals surface area contributed by atoms with Crippen LogP contribution in [0, 0.1) is 25.5 Å². The molecule has 0 spiro atoms. The van der Waals surface area contributed by atoms with Gasteiger partial charge in [0.05, 0.1) is 5.92 Å². The second-order valence-electron chi connectivity index (χ2n) is 7.17. The van der Waals surface area contributed by atoms with E-state index in [1.807, 2.05) is 32.0 Å². The van der Waals surface area contributed by atoms with E-state index in [1.54, 1.807) is 0 Å². The molecule has 0 bridgehead atoms. The summed E-state index contributed by atoms with van der Waals surface area (Å²) < 4.78 is 32.3. The Hall–Kier alpha value is -3.09. The summed E-state index contributed by atoms with van der Waals surface area (Å²) >= 11 is 0. The molecule has 1 saturated heterocycles.